The Kier molecular flexibility index (Phi) is 5.06. The third-order valence-corrected chi connectivity index (χ3v) is 3.08. The molecular formula is C12H15NO4S. The van der Waals surface area contributed by atoms with E-state index in [0.717, 1.165) is 11.3 Å². The molecule has 0 aliphatic heterocycles. The molecule has 6 heteroatoms. The predicted molar refractivity (Wildman–Crippen MR) is 71.2 cm³/mol. The van der Waals surface area contributed by atoms with E-state index in [1.807, 2.05) is 24.3 Å². The molecule has 18 heavy (non-hydrogen) atoms. The van der Waals surface area contributed by atoms with Gasteiger partial charge in [0.1, 0.15) is 6.29 Å². The summed E-state index contributed by atoms with van der Waals surface area (Å²) in [6.45, 7) is 0.211. The van der Waals surface area contributed by atoms with E-state index in [1.165, 1.54) is 6.08 Å². The van der Waals surface area contributed by atoms with Gasteiger partial charge in [-0.3, -0.25) is 9.35 Å². The molecule has 5 nitrogen and oxygen atoms in total. The summed E-state index contributed by atoms with van der Waals surface area (Å²) in [7, 11) is -2.20. The fraction of sp³-hybridized carbons (Fsp3) is 0.250. The smallest absolute Gasteiger partial charge is 0.266 e. The van der Waals surface area contributed by atoms with Crippen LogP contribution >= 0.6 is 0 Å². The number of aldehydes is 1. The Morgan fingerprint density at radius 3 is 2.39 bits per heavy atom. The molecule has 98 valence electrons. The number of benzene rings is 1. The summed E-state index contributed by atoms with van der Waals surface area (Å²) < 4.78 is 29.9. The van der Waals surface area contributed by atoms with Gasteiger partial charge in [0.2, 0.25) is 0 Å². The molecule has 0 fully saturated rings. The second-order valence-corrected chi connectivity index (χ2v) is 5.37. The van der Waals surface area contributed by atoms with Crippen molar-refractivity contribution < 1.29 is 17.8 Å². The number of hydrogen-bond donors (Lipinski definition) is 1. The van der Waals surface area contributed by atoms with Crippen LogP contribution in [0.5, 0.6) is 0 Å². The molecule has 1 rings (SSSR count). The molecule has 1 aromatic carbocycles. The molecule has 0 saturated heterocycles. The van der Waals surface area contributed by atoms with Crippen LogP contribution in [0, 0.1) is 0 Å². The summed E-state index contributed by atoms with van der Waals surface area (Å²) in [5.74, 6) is -0.309. The van der Waals surface area contributed by atoms with Crippen molar-refractivity contribution in [3.8, 4) is 0 Å². The first-order chi connectivity index (χ1) is 8.42. The molecule has 0 saturated carbocycles. The summed E-state index contributed by atoms with van der Waals surface area (Å²) in [5.41, 5.74) is 1.72. The van der Waals surface area contributed by atoms with Crippen molar-refractivity contribution in [2.45, 2.75) is 0 Å². The van der Waals surface area contributed by atoms with Crippen molar-refractivity contribution in [2.24, 2.45) is 0 Å². The van der Waals surface area contributed by atoms with Crippen LogP contribution in [-0.4, -0.2) is 38.6 Å². The van der Waals surface area contributed by atoms with Crippen molar-refractivity contribution in [1.29, 1.82) is 0 Å². The van der Waals surface area contributed by atoms with E-state index in [2.05, 4.69) is 0 Å². The first-order valence-electron chi connectivity index (χ1n) is 5.30. The summed E-state index contributed by atoms with van der Waals surface area (Å²) in [6, 6.07) is 7.27. The zero-order chi connectivity index (χ0) is 13.6. The summed E-state index contributed by atoms with van der Waals surface area (Å²) in [4.78, 5) is 11.9. The van der Waals surface area contributed by atoms with Crippen LogP contribution in [-0.2, 0) is 14.9 Å². The van der Waals surface area contributed by atoms with Crippen molar-refractivity contribution >= 4 is 28.2 Å². The molecule has 0 atom stereocenters. The van der Waals surface area contributed by atoms with Crippen LogP contribution in [0.3, 0.4) is 0 Å². The number of carbonyl (C=O) groups is 1. The highest BCUT2D eigenvalue weighted by Crippen LogP contribution is 2.14. The van der Waals surface area contributed by atoms with Gasteiger partial charge in [0.15, 0.2) is 0 Å². The average Bonchev–Trinajstić information content (AvgIpc) is 2.33. The van der Waals surface area contributed by atoms with Crippen molar-refractivity contribution in [3.63, 3.8) is 0 Å². The number of hydrogen-bond acceptors (Lipinski definition) is 4. The minimum absolute atomic E-state index is 0.211. The molecule has 0 aromatic heterocycles. The molecule has 0 unspecified atom stereocenters. The Morgan fingerprint density at radius 2 is 1.89 bits per heavy atom. The lowest BCUT2D eigenvalue weighted by molar-refractivity contribution is -0.104. The van der Waals surface area contributed by atoms with Gasteiger partial charge >= 0.3 is 0 Å². The minimum Gasteiger partial charge on any atom is -0.373 e. The lowest BCUT2D eigenvalue weighted by atomic mass is 10.2. The van der Waals surface area contributed by atoms with E-state index in [9.17, 15) is 13.2 Å². The normalized spacial score (nSPS) is 11.7. The minimum atomic E-state index is -3.94. The van der Waals surface area contributed by atoms with Crippen LogP contribution in [0.4, 0.5) is 5.69 Å². The summed E-state index contributed by atoms with van der Waals surface area (Å²) in [6.07, 6.45) is 3.78. The largest absolute Gasteiger partial charge is 0.373 e. The van der Waals surface area contributed by atoms with Crippen LogP contribution in [0.25, 0.3) is 6.08 Å². The molecule has 0 heterocycles. The number of carbonyl (C=O) groups excluding carboxylic acids is 1. The molecule has 0 amide bonds. The molecule has 1 aromatic rings. The van der Waals surface area contributed by atoms with E-state index in [4.69, 9.17) is 4.55 Å². The first-order valence-corrected chi connectivity index (χ1v) is 6.91. The number of allylic oxidation sites excluding steroid dienone is 1. The molecule has 1 N–H and O–H groups in total. The van der Waals surface area contributed by atoms with E-state index in [0.29, 0.717) is 6.29 Å². The van der Waals surface area contributed by atoms with E-state index in [-0.39, 0.29) is 12.3 Å². The van der Waals surface area contributed by atoms with Gasteiger partial charge in [0.05, 0.1) is 5.75 Å². The molecular weight excluding hydrogens is 254 g/mol. The fourth-order valence-corrected chi connectivity index (χ4v) is 1.88. The monoisotopic (exact) mass is 269 g/mol. The lowest BCUT2D eigenvalue weighted by Gasteiger charge is -2.18. The standard InChI is InChI=1S/C12H15NO4S/c1-13(8-10-18(15,16)17)12-6-4-11(5-7-12)3-2-9-14/h2-7,9H,8,10H2,1H3,(H,15,16,17)/b3-2+. The second kappa shape index (κ2) is 6.32. The number of nitrogens with zero attached hydrogens (tertiary/aromatic N) is 1. The third kappa shape index (κ3) is 5.11. The van der Waals surface area contributed by atoms with Gasteiger partial charge < -0.3 is 4.90 Å². The molecule has 0 radical (unpaired) electrons. The Labute approximate surface area is 106 Å². The van der Waals surface area contributed by atoms with Gasteiger partial charge in [-0.25, -0.2) is 0 Å². The average molecular weight is 269 g/mol. The molecule has 0 spiro atoms. The second-order valence-electron chi connectivity index (χ2n) is 3.79. The van der Waals surface area contributed by atoms with Crippen LogP contribution in [0.2, 0.25) is 0 Å². The Hall–Kier alpha value is -1.66. The predicted octanol–water partition coefficient (Wildman–Crippen LogP) is 1.22. The van der Waals surface area contributed by atoms with Crippen LogP contribution < -0.4 is 4.90 Å². The quantitative estimate of drug-likeness (QED) is 0.477. The van der Waals surface area contributed by atoms with Crippen molar-refractivity contribution in [3.05, 3.63) is 35.9 Å². The molecule has 0 aliphatic carbocycles. The SMILES string of the molecule is CN(CCS(=O)(=O)O)c1ccc(/C=C/C=O)cc1. The zero-order valence-corrected chi connectivity index (χ0v) is 10.8. The van der Waals surface area contributed by atoms with Gasteiger partial charge in [0.25, 0.3) is 10.1 Å². The zero-order valence-electron chi connectivity index (χ0n) is 9.98. The first kappa shape index (κ1) is 14.4. The maximum Gasteiger partial charge on any atom is 0.266 e. The Balaban J connectivity index is 2.67. The van der Waals surface area contributed by atoms with Crippen LogP contribution in [0.1, 0.15) is 5.56 Å². The number of rotatable bonds is 6. The summed E-state index contributed by atoms with van der Waals surface area (Å²) >= 11 is 0. The highest BCUT2D eigenvalue weighted by Gasteiger charge is 2.07. The van der Waals surface area contributed by atoms with Gasteiger partial charge in [0, 0.05) is 19.3 Å². The fourth-order valence-electron chi connectivity index (χ4n) is 1.37. The Morgan fingerprint density at radius 1 is 1.28 bits per heavy atom. The number of anilines is 1. The van der Waals surface area contributed by atoms with Gasteiger partial charge in [-0.05, 0) is 23.8 Å². The summed E-state index contributed by atoms with van der Waals surface area (Å²) in [5, 5.41) is 0. The Bertz CT molecular complexity index is 520. The van der Waals surface area contributed by atoms with Gasteiger partial charge in [-0.1, -0.05) is 18.2 Å². The highest BCUT2D eigenvalue weighted by atomic mass is 32.2. The third-order valence-electron chi connectivity index (χ3n) is 2.39. The van der Waals surface area contributed by atoms with Crippen molar-refractivity contribution in [2.75, 3.05) is 24.2 Å². The maximum atomic E-state index is 10.6. The topological polar surface area (TPSA) is 74.7 Å². The highest BCUT2D eigenvalue weighted by molar-refractivity contribution is 7.85. The maximum absolute atomic E-state index is 10.6. The molecule has 0 bridgehead atoms. The van der Waals surface area contributed by atoms with Crippen LogP contribution in [0.15, 0.2) is 30.3 Å². The van der Waals surface area contributed by atoms with E-state index in [1.54, 1.807) is 18.0 Å². The van der Waals surface area contributed by atoms with E-state index >= 15 is 0 Å². The molecule has 0 aliphatic rings. The van der Waals surface area contributed by atoms with Gasteiger partial charge in [-0.15, -0.1) is 0 Å². The van der Waals surface area contributed by atoms with Gasteiger partial charge in [-0.2, -0.15) is 8.42 Å². The van der Waals surface area contributed by atoms with E-state index < -0.39 is 10.1 Å². The lowest BCUT2D eigenvalue weighted by Crippen LogP contribution is -2.24. The van der Waals surface area contributed by atoms with Crippen molar-refractivity contribution in [1.82, 2.24) is 0 Å².